The van der Waals surface area contributed by atoms with Crippen molar-refractivity contribution in [2.24, 2.45) is 11.7 Å². The first-order chi connectivity index (χ1) is 9.04. The molecule has 19 heavy (non-hydrogen) atoms. The van der Waals surface area contributed by atoms with Crippen LogP contribution in [0.1, 0.15) is 38.3 Å². The van der Waals surface area contributed by atoms with Gasteiger partial charge in [0.25, 0.3) is 0 Å². The molecule has 2 unspecified atom stereocenters. The summed E-state index contributed by atoms with van der Waals surface area (Å²) < 4.78 is 0. The van der Waals surface area contributed by atoms with E-state index in [0.29, 0.717) is 28.5 Å². The summed E-state index contributed by atoms with van der Waals surface area (Å²) in [4.78, 5) is 2.53. The molecule has 0 bridgehead atoms. The molecule has 2 atom stereocenters. The third-order valence-electron chi connectivity index (χ3n) is 4.06. The fourth-order valence-corrected chi connectivity index (χ4v) is 3.41. The number of benzene rings is 1. The van der Waals surface area contributed by atoms with Crippen molar-refractivity contribution in [1.82, 2.24) is 4.90 Å². The van der Waals surface area contributed by atoms with E-state index in [1.54, 1.807) is 0 Å². The average molecular weight is 301 g/mol. The molecule has 2 rings (SSSR count). The van der Waals surface area contributed by atoms with Crippen LogP contribution in [0.2, 0.25) is 10.0 Å². The molecule has 2 nitrogen and oxygen atoms in total. The molecule has 0 saturated carbocycles. The summed E-state index contributed by atoms with van der Waals surface area (Å²) in [5, 5.41) is 1.21. The Morgan fingerprint density at radius 1 is 1.32 bits per heavy atom. The second-order valence-electron chi connectivity index (χ2n) is 5.62. The quantitative estimate of drug-likeness (QED) is 0.906. The van der Waals surface area contributed by atoms with Gasteiger partial charge in [-0.1, -0.05) is 43.1 Å². The van der Waals surface area contributed by atoms with Crippen LogP contribution in [0.5, 0.6) is 0 Å². The van der Waals surface area contributed by atoms with Crippen LogP contribution < -0.4 is 5.73 Å². The molecular weight excluding hydrogens is 279 g/mol. The number of hydrogen-bond acceptors (Lipinski definition) is 2. The highest BCUT2D eigenvalue weighted by molar-refractivity contribution is 6.42. The molecule has 0 radical (unpaired) electrons. The van der Waals surface area contributed by atoms with Crippen molar-refractivity contribution >= 4 is 23.2 Å². The predicted molar refractivity (Wildman–Crippen MR) is 82.8 cm³/mol. The number of nitrogens with zero attached hydrogens (tertiary/aromatic N) is 1. The van der Waals surface area contributed by atoms with E-state index in [1.165, 1.54) is 18.4 Å². The van der Waals surface area contributed by atoms with Gasteiger partial charge in [-0.3, -0.25) is 4.90 Å². The van der Waals surface area contributed by atoms with Crippen molar-refractivity contribution in [3.8, 4) is 0 Å². The number of nitrogens with two attached hydrogens (primary N) is 1. The van der Waals surface area contributed by atoms with Crippen LogP contribution in [0.15, 0.2) is 18.2 Å². The van der Waals surface area contributed by atoms with Gasteiger partial charge in [0.05, 0.1) is 10.0 Å². The second kappa shape index (κ2) is 6.45. The van der Waals surface area contributed by atoms with Gasteiger partial charge < -0.3 is 5.73 Å². The van der Waals surface area contributed by atoms with E-state index in [0.717, 1.165) is 6.54 Å². The van der Waals surface area contributed by atoms with Crippen LogP contribution in [-0.4, -0.2) is 24.0 Å². The third kappa shape index (κ3) is 3.25. The molecule has 1 aliphatic heterocycles. The summed E-state index contributed by atoms with van der Waals surface area (Å²) >= 11 is 12.1. The first-order valence-electron chi connectivity index (χ1n) is 6.95. The zero-order valence-electron chi connectivity index (χ0n) is 11.6. The van der Waals surface area contributed by atoms with Crippen molar-refractivity contribution < 1.29 is 0 Å². The number of halogens is 2. The minimum Gasteiger partial charge on any atom is -0.329 e. The molecule has 0 aliphatic carbocycles. The first-order valence-corrected chi connectivity index (χ1v) is 7.71. The Balaban J connectivity index is 2.26. The number of likely N-dealkylation sites (tertiary alicyclic amines) is 1. The molecule has 2 N–H and O–H groups in total. The minimum absolute atomic E-state index is 0.240. The Bertz CT molecular complexity index is 434. The molecule has 0 aromatic heterocycles. The maximum atomic E-state index is 6.13. The summed E-state index contributed by atoms with van der Waals surface area (Å²) in [5.41, 5.74) is 7.19. The molecule has 1 aliphatic rings. The van der Waals surface area contributed by atoms with Gasteiger partial charge in [0.2, 0.25) is 0 Å². The van der Waals surface area contributed by atoms with Gasteiger partial charge in [0, 0.05) is 18.6 Å². The Labute approximate surface area is 125 Å². The van der Waals surface area contributed by atoms with Crippen LogP contribution in [-0.2, 0) is 0 Å². The first kappa shape index (κ1) is 15.1. The van der Waals surface area contributed by atoms with Crippen LogP contribution in [0.4, 0.5) is 0 Å². The summed E-state index contributed by atoms with van der Waals surface area (Å²) in [6, 6.07) is 6.72. The smallest absolute Gasteiger partial charge is 0.0595 e. The molecule has 1 aromatic carbocycles. The number of rotatable bonds is 4. The maximum absolute atomic E-state index is 6.13. The Kier molecular flexibility index (Phi) is 5.13. The van der Waals surface area contributed by atoms with E-state index in [1.807, 2.05) is 18.2 Å². The van der Waals surface area contributed by atoms with Crippen LogP contribution in [0.25, 0.3) is 0 Å². The molecule has 1 heterocycles. The summed E-state index contributed by atoms with van der Waals surface area (Å²) in [6.07, 6.45) is 2.51. The van der Waals surface area contributed by atoms with Gasteiger partial charge in [-0.2, -0.15) is 0 Å². The SMILES string of the molecule is CC(C)C1CCCN1C(CN)c1ccc(Cl)c(Cl)c1. The molecule has 1 fully saturated rings. The maximum Gasteiger partial charge on any atom is 0.0595 e. The van der Waals surface area contributed by atoms with Gasteiger partial charge in [-0.05, 0) is 43.0 Å². The van der Waals surface area contributed by atoms with Crippen LogP contribution in [0, 0.1) is 5.92 Å². The molecular formula is C15H22Cl2N2. The molecule has 0 spiro atoms. The highest BCUT2D eigenvalue weighted by Crippen LogP contribution is 2.34. The van der Waals surface area contributed by atoms with Gasteiger partial charge in [0.1, 0.15) is 0 Å². The molecule has 0 amide bonds. The van der Waals surface area contributed by atoms with Crippen molar-refractivity contribution in [3.05, 3.63) is 33.8 Å². The van der Waals surface area contributed by atoms with Gasteiger partial charge >= 0.3 is 0 Å². The van der Waals surface area contributed by atoms with Crippen molar-refractivity contribution in [1.29, 1.82) is 0 Å². The van der Waals surface area contributed by atoms with Crippen molar-refractivity contribution in [2.75, 3.05) is 13.1 Å². The van der Waals surface area contributed by atoms with Crippen LogP contribution >= 0.6 is 23.2 Å². The topological polar surface area (TPSA) is 29.3 Å². The van der Waals surface area contributed by atoms with E-state index >= 15 is 0 Å². The van der Waals surface area contributed by atoms with Crippen molar-refractivity contribution in [3.63, 3.8) is 0 Å². The lowest BCUT2D eigenvalue weighted by atomic mass is 9.98. The second-order valence-corrected chi connectivity index (χ2v) is 6.43. The highest BCUT2D eigenvalue weighted by atomic mass is 35.5. The normalized spacial score (nSPS) is 22.1. The van der Waals surface area contributed by atoms with Gasteiger partial charge in [0.15, 0.2) is 0 Å². The highest BCUT2D eigenvalue weighted by Gasteiger charge is 2.32. The van der Waals surface area contributed by atoms with Gasteiger partial charge in [-0.25, -0.2) is 0 Å². The number of hydrogen-bond donors (Lipinski definition) is 1. The zero-order chi connectivity index (χ0) is 14.0. The largest absolute Gasteiger partial charge is 0.329 e. The van der Waals surface area contributed by atoms with Crippen LogP contribution in [0.3, 0.4) is 0 Å². The Morgan fingerprint density at radius 2 is 2.05 bits per heavy atom. The average Bonchev–Trinajstić information content (AvgIpc) is 2.84. The predicted octanol–water partition coefficient (Wildman–Crippen LogP) is 4.11. The summed E-state index contributed by atoms with van der Waals surface area (Å²) in [7, 11) is 0. The van der Waals surface area contributed by atoms with E-state index in [4.69, 9.17) is 28.9 Å². The lowest BCUT2D eigenvalue weighted by molar-refractivity contribution is 0.149. The lowest BCUT2D eigenvalue weighted by Gasteiger charge is -2.35. The fourth-order valence-electron chi connectivity index (χ4n) is 3.10. The Morgan fingerprint density at radius 3 is 2.63 bits per heavy atom. The monoisotopic (exact) mass is 300 g/mol. The fraction of sp³-hybridized carbons (Fsp3) is 0.600. The van der Waals surface area contributed by atoms with E-state index < -0.39 is 0 Å². The van der Waals surface area contributed by atoms with E-state index in [2.05, 4.69) is 18.7 Å². The van der Waals surface area contributed by atoms with E-state index in [9.17, 15) is 0 Å². The zero-order valence-corrected chi connectivity index (χ0v) is 13.1. The Hall–Kier alpha value is -0.280. The molecule has 1 aromatic rings. The summed E-state index contributed by atoms with van der Waals surface area (Å²) in [6.45, 7) is 6.29. The molecule has 4 heteroatoms. The molecule has 1 saturated heterocycles. The van der Waals surface area contributed by atoms with E-state index in [-0.39, 0.29) is 6.04 Å². The molecule has 106 valence electrons. The third-order valence-corrected chi connectivity index (χ3v) is 4.80. The standard InChI is InChI=1S/C15H22Cl2N2/c1-10(2)14-4-3-7-19(14)15(9-18)11-5-6-12(16)13(17)8-11/h5-6,8,10,14-15H,3-4,7,9,18H2,1-2H3. The minimum atomic E-state index is 0.240. The van der Waals surface area contributed by atoms with Crippen molar-refractivity contribution in [2.45, 2.75) is 38.8 Å². The summed E-state index contributed by atoms with van der Waals surface area (Å²) in [5.74, 6) is 0.652. The lowest BCUT2D eigenvalue weighted by Crippen LogP contribution is -2.39. The van der Waals surface area contributed by atoms with Gasteiger partial charge in [-0.15, -0.1) is 0 Å².